The van der Waals surface area contributed by atoms with Crippen molar-refractivity contribution in [3.63, 3.8) is 0 Å². The van der Waals surface area contributed by atoms with Crippen molar-refractivity contribution in [1.29, 1.82) is 0 Å². The van der Waals surface area contributed by atoms with E-state index in [2.05, 4.69) is 9.97 Å². The Labute approximate surface area is 113 Å². The Bertz CT molecular complexity index is 787. The van der Waals surface area contributed by atoms with Crippen LogP contribution in [0.15, 0.2) is 35.1 Å². The number of aromatic nitrogens is 2. The number of hydrogen-bond donors (Lipinski definition) is 1. The molecule has 3 rings (SSSR count). The third-order valence-corrected chi connectivity index (χ3v) is 3.83. The summed E-state index contributed by atoms with van der Waals surface area (Å²) in [6.07, 6.45) is 0. The third kappa shape index (κ3) is 2.13. The minimum absolute atomic E-state index is 0.0971. The molecule has 2 heterocycles. The van der Waals surface area contributed by atoms with Crippen molar-refractivity contribution < 1.29 is 4.74 Å². The highest BCUT2D eigenvalue weighted by atomic mass is 32.1. The van der Waals surface area contributed by atoms with E-state index < -0.39 is 0 Å². The fourth-order valence-electron chi connectivity index (χ4n) is 1.94. The summed E-state index contributed by atoms with van der Waals surface area (Å²) in [7, 11) is 1.62. The van der Waals surface area contributed by atoms with Gasteiger partial charge in [0.1, 0.15) is 16.4 Å². The quantitative estimate of drug-likeness (QED) is 0.780. The maximum Gasteiger partial charge on any atom is 0.259 e. The van der Waals surface area contributed by atoms with Crippen LogP contribution in [0.4, 0.5) is 0 Å². The van der Waals surface area contributed by atoms with Crippen LogP contribution in [-0.4, -0.2) is 17.1 Å². The molecule has 96 valence electrons. The van der Waals surface area contributed by atoms with Gasteiger partial charge in [0.15, 0.2) is 0 Å². The Morgan fingerprint density at radius 3 is 2.68 bits per heavy atom. The summed E-state index contributed by atoms with van der Waals surface area (Å²) in [5.74, 6) is 1.36. The molecule has 2 aromatic heterocycles. The number of thiophene rings is 1. The number of aromatic amines is 1. The van der Waals surface area contributed by atoms with Crippen LogP contribution < -0.4 is 10.3 Å². The lowest BCUT2D eigenvalue weighted by molar-refractivity contribution is 0.415. The zero-order valence-electron chi connectivity index (χ0n) is 10.6. The molecule has 0 aliphatic rings. The standard InChI is InChI=1S/C14H12N2O2S/c1-8-7-11-13(17)15-12(16-14(11)19-8)9-3-5-10(18-2)6-4-9/h3-7H,1-2H3,(H,15,16,17). The second-order valence-corrected chi connectivity index (χ2v) is 5.45. The van der Waals surface area contributed by atoms with E-state index >= 15 is 0 Å². The van der Waals surface area contributed by atoms with Crippen molar-refractivity contribution in [2.24, 2.45) is 0 Å². The van der Waals surface area contributed by atoms with Crippen LogP contribution in [0.2, 0.25) is 0 Å². The van der Waals surface area contributed by atoms with E-state index in [-0.39, 0.29) is 5.56 Å². The number of methoxy groups -OCH3 is 1. The van der Waals surface area contributed by atoms with Gasteiger partial charge >= 0.3 is 0 Å². The fraction of sp³-hybridized carbons (Fsp3) is 0.143. The van der Waals surface area contributed by atoms with Crippen LogP contribution in [-0.2, 0) is 0 Å². The van der Waals surface area contributed by atoms with Gasteiger partial charge < -0.3 is 9.72 Å². The van der Waals surface area contributed by atoms with Crippen molar-refractivity contribution in [3.05, 3.63) is 45.6 Å². The highest BCUT2D eigenvalue weighted by Crippen LogP contribution is 2.23. The summed E-state index contributed by atoms with van der Waals surface area (Å²) in [6.45, 7) is 1.97. The molecule has 0 bridgehead atoms. The van der Waals surface area contributed by atoms with Crippen LogP contribution in [0.1, 0.15) is 4.88 Å². The van der Waals surface area contributed by atoms with E-state index in [4.69, 9.17) is 4.74 Å². The zero-order valence-corrected chi connectivity index (χ0v) is 11.4. The molecule has 1 N–H and O–H groups in total. The van der Waals surface area contributed by atoms with E-state index in [9.17, 15) is 4.79 Å². The first kappa shape index (κ1) is 11.9. The average molecular weight is 272 g/mol. The molecule has 0 saturated carbocycles. The molecule has 19 heavy (non-hydrogen) atoms. The lowest BCUT2D eigenvalue weighted by Crippen LogP contribution is -2.07. The lowest BCUT2D eigenvalue weighted by atomic mass is 10.2. The van der Waals surface area contributed by atoms with E-state index in [1.165, 1.54) is 11.3 Å². The zero-order chi connectivity index (χ0) is 13.4. The number of aryl methyl sites for hydroxylation is 1. The largest absolute Gasteiger partial charge is 0.497 e. The number of benzene rings is 1. The topological polar surface area (TPSA) is 55.0 Å². The Kier molecular flexibility index (Phi) is 2.83. The summed E-state index contributed by atoms with van der Waals surface area (Å²) in [5, 5.41) is 0.653. The Morgan fingerprint density at radius 2 is 2.00 bits per heavy atom. The highest BCUT2D eigenvalue weighted by molar-refractivity contribution is 7.18. The number of ether oxygens (including phenoxy) is 1. The molecule has 0 spiro atoms. The lowest BCUT2D eigenvalue weighted by Gasteiger charge is -2.03. The monoisotopic (exact) mass is 272 g/mol. The summed E-state index contributed by atoms with van der Waals surface area (Å²) in [6, 6.07) is 9.31. The van der Waals surface area contributed by atoms with Gasteiger partial charge in [0.25, 0.3) is 5.56 Å². The summed E-state index contributed by atoms with van der Waals surface area (Å²) < 4.78 is 5.11. The molecule has 3 aromatic rings. The SMILES string of the molecule is COc1ccc(-c2nc3sc(C)cc3c(=O)[nH]2)cc1. The minimum Gasteiger partial charge on any atom is -0.497 e. The van der Waals surface area contributed by atoms with Crippen LogP contribution in [0.5, 0.6) is 5.75 Å². The average Bonchev–Trinajstić information content (AvgIpc) is 2.80. The van der Waals surface area contributed by atoms with Crippen molar-refractivity contribution in [1.82, 2.24) is 9.97 Å². The maximum absolute atomic E-state index is 12.0. The van der Waals surface area contributed by atoms with E-state index in [1.54, 1.807) is 7.11 Å². The van der Waals surface area contributed by atoms with Gasteiger partial charge in [-0.3, -0.25) is 4.79 Å². The molecular weight excluding hydrogens is 260 g/mol. The van der Waals surface area contributed by atoms with Crippen LogP contribution in [0, 0.1) is 6.92 Å². The molecule has 5 heteroatoms. The van der Waals surface area contributed by atoms with Crippen molar-refractivity contribution in [2.75, 3.05) is 7.11 Å². The predicted octanol–water partition coefficient (Wildman–Crippen LogP) is 2.97. The molecule has 0 radical (unpaired) electrons. The number of nitrogens with zero attached hydrogens (tertiary/aromatic N) is 1. The fourth-order valence-corrected chi connectivity index (χ4v) is 2.82. The van der Waals surface area contributed by atoms with Crippen molar-refractivity contribution in [2.45, 2.75) is 6.92 Å². The normalized spacial score (nSPS) is 10.8. The van der Waals surface area contributed by atoms with Gasteiger partial charge in [-0.2, -0.15) is 0 Å². The van der Waals surface area contributed by atoms with Crippen LogP contribution >= 0.6 is 11.3 Å². The van der Waals surface area contributed by atoms with E-state index in [1.807, 2.05) is 37.3 Å². The van der Waals surface area contributed by atoms with Gasteiger partial charge in [0.2, 0.25) is 0 Å². The summed E-state index contributed by atoms with van der Waals surface area (Å²) in [5.41, 5.74) is 0.769. The van der Waals surface area contributed by atoms with Gasteiger partial charge in [0, 0.05) is 10.4 Å². The first-order chi connectivity index (χ1) is 9.17. The first-order valence-electron chi connectivity index (χ1n) is 5.82. The van der Waals surface area contributed by atoms with Gasteiger partial charge in [-0.05, 0) is 37.3 Å². The summed E-state index contributed by atoms with van der Waals surface area (Å²) in [4.78, 5) is 21.2. The van der Waals surface area contributed by atoms with E-state index in [0.29, 0.717) is 11.2 Å². The van der Waals surface area contributed by atoms with Crippen molar-refractivity contribution in [3.8, 4) is 17.1 Å². The number of rotatable bonds is 2. The van der Waals surface area contributed by atoms with Gasteiger partial charge in [-0.15, -0.1) is 11.3 Å². The summed E-state index contributed by atoms with van der Waals surface area (Å²) >= 11 is 1.53. The third-order valence-electron chi connectivity index (χ3n) is 2.89. The molecule has 0 saturated heterocycles. The predicted molar refractivity (Wildman–Crippen MR) is 77.0 cm³/mol. The number of nitrogens with one attached hydrogen (secondary N) is 1. The molecule has 0 unspecified atom stereocenters. The minimum atomic E-state index is -0.0971. The first-order valence-corrected chi connectivity index (χ1v) is 6.64. The van der Waals surface area contributed by atoms with Gasteiger partial charge in [-0.1, -0.05) is 0 Å². The van der Waals surface area contributed by atoms with E-state index in [0.717, 1.165) is 21.0 Å². The second kappa shape index (κ2) is 4.51. The smallest absolute Gasteiger partial charge is 0.259 e. The number of fused-ring (bicyclic) bond motifs is 1. The number of H-pyrrole nitrogens is 1. The molecule has 0 aliphatic carbocycles. The molecule has 4 nitrogen and oxygen atoms in total. The highest BCUT2D eigenvalue weighted by Gasteiger charge is 2.08. The van der Waals surface area contributed by atoms with Crippen molar-refractivity contribution >= 4 is 21.6 Å². The molecular formula is C14H12N2O2S. The Hall–Kier alpha value is -2.14. The second-order valence-electron chi connectivity index (χ2n) is 4.22. The number of hydrogen-bond acceptors (Lipinski definition) is 4. The molecule has 0 fully saturated rings. The molecule has 1 aromatic carbocycles. The maximum atomic E-state index is 12.0. The Balaban J connectivity index is 2.16. The van der Waals surface area contributed by atoms with Crippen LogP contribution in [0.25, 0.3) is 21.6 Å². The molecule has 0 atom stereocenters. The van der Waals surface area contributed by atoms with Crippen LogP contribution in [0.3, 0.4) is 0 Å². The molecule has 0 amide bonds. The van der Waals surface area contributed by atoms with Gasteiger partial charge in [0.05, 0.1) is 12.5 Å². The molecule has 0 aliphatic heterocycles. The Morgan fingerprint density at radius 1 is 1.26 bits per heavy atom. The van der Waals surface area contributed by atoms with Gasteiger partial charge in [-0.25, -0.2) is 4.98 Å².